The Kier molecular flexibility index (Phi) is 2.49. The number of nitrogens with two attached hydrogens (primary N) is 1. The second-order valence-electron chi connectivity index (χ2n) is 6.19. The van der Waals surface area contributed by atoms with Crippen molar-refractivity contribution in [3.8, 4) is 0 Å². The van der Waals surface area contributed by atoms with Gasteiger partial charge in [-0.25, -0.2) is 0 Å². The molecule has 1 aliphatic heterocycles. The number of fused-ring (bicyclic) bond motifs is 1. The molecule has 1 saturated heterocycles. The number of carbonyl (C=O) groups is 1. The molecule has 1 amide bonds. The number of nitrogens with zero attached hydrogens (tertiary/aromatic N) is 1. The largest absolute Gasteiger partial charge is 0.339 e. The summed E-state index contributed by atoms with van der Waals surface area (Å²) < 4.78 is 0. The number of likely N-dealkylation sites (tertiary alicyclic amines) is 1. The summed E-state index contributed by atoms with van der Waals surface area (Å²) in [7, 11) is 1.91. The minimum Gasteiger partial charge on any atom is -0.339 e. The Morgan fingerprint density at radius 1 is 1.35 bits per heavy atom. The zero-order valence-electron chi connectivity index (χ0n) is 10.7. The zero-order chi connectivity index (χ0) is 12.1. The highest BCUT2D eigenvalue weighted by Gasteiger charge is 2.52. The van der Waals surface area contributed by atoms with E-state index in [1.165, 1.54) is 12.8 Å². The average molecular weight is 237 g/mol. The van der Waals surface area contributed by atoms with Crippen molar-refractivity contribution in [2.75, 3.05) is 20.1 Å². The molecule has 2 saturated carbocycles. The van der Waals surface area contributed by atoms with Crippen molar-refractivity contribution in [2.24, 2.45) is 11.7 Å². The van der Waals surface area contributed by atoms with E-state index in [9.17, 15) is 4.79 Å². The fraction of sp³-hybridized carbons (Fsp3) is 0.923. The van der Waals surface area contributed by atoms with Crippen LogP contribution in [0.15, 0.2) is 0 Å². The Balaban J connectivity index is 1.73. The number of likely N-dealkylation sites (N-methyl/N-ethyl adjacent to an activating group) is 1. The molecule has 2 unspecified atom stereocenters. The minimum absolute atomic E-state index is 0.0751. The van der Waals surface area contributed by atoms with Crippen LogP contribution in [0.3, 0.4) is 0 Å². The van der Waals surface area contributed by atoms with Crippen LogP contribution >= 0.6 is 0 Å². The monoisotopic (exact) mass is 237 g/mol. The molecule has 4 nitrogen and oxygen atoms in total. The molecule has 0 radical (unpaired) electrons. The van der Waals surface area contributed by atoms with E-state index >= 15 is 0 Å². The van der Waals surface area contributed by atoms with E-state index in [4.69, 9.17) is 5.73 Å². The highest BCUT2D eigenvalue weighted by Crippen LogP contribution is 2.42. The van der Waals surface area contributed by atoms with Gasteiger partial charge in [-0.2, -0.15) is 0 Å². The molecule has 0 spiro atoms. The van der Waals surface area contributed by atoms with Crippen LogP contribution in [0.5, 0.6) is 0 Å². The second kappa shape index (κ2) is 3.69. The van der Waals surface area contributed by atoms with Crippen LogP contribution in [0, 0.1) is 5.92 Å². The topological polar surface area (TPSA) is 58.4 Å². The van der Waals surface area contributed by atoms with Crippen LogP contribution in [0.25, 0.3) is 0 Å². The molecule has 1 heterocycles. The first kappa shape index (κ1) is 11.5. The Morgan fingerprint density at radius 2 is 2.12 bits per heavy atom. The number of hydrogen-bond donors (Lipinski definition) is 2. The summed E-state index contributed by atoms with van der Waals surface area (Å²) in [5.41, 5.74) is 6.09. The first-order valence-electron chi connectivity index (χ1n) is 6.87. The predicted molar refractivity (Wildman–Crippen MR) is 66.5 cm³/mol. The molecular formula is C13H23N3O. The van der Waals surface area contributed by atoms with Crippen molar-refractivity contribution in [1.82, 2.24) is 10.2 Å². The van der Waals surface area contributed by atoms with Crippen LogP contribution in [0.1, 0.15) is 38.5 Å². The Hall–Kier alpha value is -0.610. The lowest BCUT2D eigenvalue weighted by Crippen LogP contribution is -2.61. The summed E-state index contributed by atoms with van der Waals surface area (Å²) in [6, 6.07) is 0. The molecule has 2 atom stereocenters. The predicted octanol–water partition coefficient (Wildman–Crippen LogP) is 0.468. The fourth-order valence-corrected chi connectivity index (χ4v) is 3.89. The third-order valence-electron chi connectivity index (χ3n) is 5.32. The zero-order valence-corrected chi connectivity index (χ0v) is 10.7. The van der Waals surface area contributed by atoms with Gasteiger partial charge in [0, 0.05) is 18.6 Å². The molecule has 0 bridgehead atoms. The number of amides is 1. The average Bonchev–Trinajstić information content (AvgIpc) is 2.71. The second-order valence-corrected chi connectivity index (χ2v) is 6.19. The molecule has 4 heteroatoms. The normalized spacial score (nSPS) is 38.9. The van der Waals surface area contributed by atoms with E-state index in [1.807, 2.05) is 11.9 Å². The summed E-state index contributed by atoms with van der Waals surface area (Å²) >= 11 is 0. The van der Waals surface area contributed by atoms with Crippen molar-refractivity contribution in [3.63, 3.8) is 0 Å². The number of rotatable bonds is 2. The van der Waals surface area contributed by atoms with Crippen molar-refractivity contribution >= 4 is 5.91 Å². The molecule has 96 valence electrons. The van der Waals surface area contributed by atoms with Crippen molar-refractivity contribution < 1.29 is 4.79 Å². The van der Waals surface area contributed by atoms with Crippen molar-refractivity contribution in [2.45, 2.75) is 49.6 Å². The molecule has 2 aliphatic carbocycles. The van der Waals surface area contributed by atoms with Gasteiger partial charge in [-0.15, -0.1) is 0 Å². The van der Waals surface area contributed by atoms with Crippen LogP contribution < -0.4 is 11.1 Å². The molecule has 17 heavy (non-hydrogen) atoms. The smallest absolute Gasteiger partial charge is 0.242 e. The van der Waals surface area contributed by atoms with Crippen LogP contribution in [0.2, 0.25) is 0 Å². The molecule has 0 aromatic heterocycles. The van der Waals surface area contributed by atoms with E-state index in [1.54, 1.807) is 0 Å². The van der Waals surface area contributed by atoms with Gasteiger partial charge in [0.15, 0.2) is 0 Å². The lowest BCUT2D eigenvalue weighted by atomic mass is 9.75. The van der Waals surface area contributed by atoms with E-state index in [2.05, 4.69) is 5.32 Å². The first-order chi connectivity index (χ1) is 8.10. The van der Waals surface area contributed by atoms with Gasteiger partial charge >= 0.3 is 0 Å². The van der Waals surface area contributed by atoms with E-state index in [-0.39, 0.29) is 11.1 Å². The van der Waals surface area contributed by atoms with E-state index in [0.717, 1.165) is 38.8 Å². The molecule has 3 N–H and O–H groups in total. The van der Waals surface area contributed by atoms with Crippen LogP contribution in [-0.4, -0.2) is 42.0 Å². The Labute approximate surface area is 103 Å². The molecule has 0 aromatic rings. The van der Waals surface area contributed by atoms with Crippen molar-refractivity contribution in [3.05, 3.63) is 0 Å². The van der Waals surface area contributed by atoms with Crippen molar-refractivity contribution in [1.29, 1.82) is 0 Å². The third-order valence-corrected chi connectivity index (χ3v) is 5.32. The van der Waals surface area contributed by atoms with E-state index in [0.29, 0.717) is 11.8 Å². The van der Waals surface area contributed by atoms with Gasteiger partial charge in [-0.3, -0.25) is 4.79 Å². The molecule has 3 rings (SSSR count). The lowest BCUT2D eigenvalue weighted by Gasteiger charge is -2.42. The molecule has 3 aliphatic rings. The van der Waals surface area contributed by atoms with Gasteiger partial charge in [0.1, 0.15) is 0 Å². The maximum atomic E-state index is 12.6. The summed E-state index contributed by atoms with van der Waals surface area (Å²) in [6.07, 6.45) is 6.67. The quantitative estimate of drug-likeness (QED) is 0.734. The van der Waals surface area contributed by atoms with Gasteiger partial charge < -0.3 is 16.0 Å². The van der Waals surface area contributed by atoms with Crippen LogP contribution in [0.4, 0.5) is 0 Å². The Bertz CT molecular complexity index is 334. The number of nitrogens with one attached hydrogen (secondary N) is 1. The maximum absolute atomic E-state index is 12.6. The summed E-state index contributed by atoms with van der Waals surface area (Å²) in [4.78, 5) is 14.6. The van der Waals surface area contributed by atoms with Crippen LogP contribution in [-0.2, 0) is 4.79 Å². The maximum Gasteiger partial charge on any atom is 0.242 e. The SMILES string of the molecule is CNC1(C(=O)N2CC3CCCC3(N)C2)CCC1. The molecule has 0 aromatic carbocycles. The third kappa shape index (κ3) is 1.54. The van der Waals surface area contributed by atoms with Gasteiger partial charge in [-0.05, 0) is 45.1 Å². The first-order valence-corrected chi connectivity index (χ1v) is 6.87. The van der Waals surface area contributed by atoms with Gasteiger partial charge in [0.2, 0.25) is 5.91 Å². The number of hydrogen-bond acceptors (Lipinski definition) is 3. The molecule has 3 fully saturated rings. The minimum atomic E-state index is -0.255. The Morgan fingerprint density at radius 3 is 2.65 bits per heavy atom. The molecular weight excluding hydrogens is 214 g/mol. The summed E-state index contributed by atoms with van der Waals surface area (Å²) in [6.45, 7) is 1.67. The fourth-order valence-electron chi connectivity index (χ4n) is 3.89. The summed E-state index contributed by atoms with van der Waals surface area (Å²) in [5.74, 6) is 0.839. The highest BCUT2D eigenvalue weighted by molar-refractivity contribution is 5.87. The van der Waals surface area contributed by atoms with Gasteiger partial charge in [0.25, 0.3) is 0 Å². The highest BCUT2D eigenvalue weighted by atomic mass is 16.2. The summed E-state index contributed by atoms with van der Waals surface area (Å²) in [5, 5.41) is 3.24. The standard InChI is InChI=1S/C13H23N3O/c1-15-13(6-3-7-13)11(17)16-8-10-4-2-5-12(10,14)9-16/h10,15H,2-9,14H2,1H3. The lowest BCUT2D eigenvalue weighted by molar-refractivity contribution is -0.141. The van der Waals surface area contributed by atoms with Gasteiger partial charge in [-0.1, -0.05) is 6.42 Å². The van der Waals surface area contributed by atoms with Gasteiger partial charge in [0.05, 0.1) is 5.54 Å². The van der Waals surface area contributed by atoms with E-state index < -0.39 is 0 Å². The number of carbonyl (C=O) groups excluding carboxylic acids is 1.